The third-order valence-corrected chi connectivity index (χ3v) is 12.0. The summed E-state index contributed by atoms with van der Waals surface area (Å²) in [5, 5.41) is 9.30. The van der Waals surface area contributed by atoms with Crippen LogP contribution >= 0.6 is 0 Å². The number of benzene rings is 10. The van der Waals surface area contributed by atoms with Crippen molar-refractivity contribution in [3.8, 4) is 67.5 Å². The third-order valence-electron chi connectivity index (χ3n) is 12.0. The minimum absolute atomic E-state index is 0.553. The lowest BCUT2D eigenvalue weighted by Gasteiger charge is -2.15. The predicted octanol–water partition coefficient (Wildman–Crippen LogP) is 15.2. The van der Waals surface area contributed by atoms with Crippen molar-refractivity contribution >= 4 is 54.3 Å². The van der Waals surface area contributed by atoms with Crippen molar-refractivity contribution in [2.45, 2.75) is 0 Å². The van der Waals surface area contributed by atoms with Crippen molar-refractivity contribution in [1.82, 2.24) is 15.0 Å². The van der Waals surface area contributed by atoms with Crippen LogP contribution in [0, 0.1) is 0 Å². The number of hydrogen-bond acceptors (Lipinski definition) is 4. The Morgan fingerprint density at radius 2 is 0.738 bits per heavy atom. The van der Waals surface area contributed by atoms with Gasteiger partial charge in [0.2, 0.25) is 0 Å². The standard InChI is InChI=1S/C57H35N3O/c1-2-15-36(16-3-1)40-18-6-11-25-49(40)55-58-56(60-57(59-55)51-27-14-26-48-47-24-12-13-28-53(47)61-54(48)51)50-34-33-42(44-21-7-9-22-45(44)50)37-29-31-38(32-30-37)52-35-39-17-4-5-19-41(39)43-20-8-10-23-46(43)52/h1-35H. The fraction of sp³-hybridized carbons (Fsp3) is 0. The minimum Gasteiger partial charge on any atom is -0.455 e. The van der Waals surface area contributed by atoms with Crippen LogP contribution in [0.3, 0.4) is 0 Å². The van der Waals surface area contributed by atoms with Crippen LogP contribution in [0.4, 0.5) is 0 Å². The number of aromatic nitrogens is 3. The molecule has 2 aromatic heterocycles. The molecule has 0 unspecified atom stereocenters. The molecule has 12 aromatic rings. The van der Waals surface area contributed by atoms with Gasteiger partial charge in [0.15, 0.2) is 17.5 Å². The highest BCUT2D eigenvalue weighted by Gasteiger charge is 2.21. The second-order valence-corrected chi connectivity index (χ2v) is 15.5. The Morgan fingerprint density at radius 1 is 0.262 bits per heavy atom. The van der Waals surface area contributed by atoms with Gasteiger partial charge in [0, 0.05) is 21.9 Å². The molecule has 0 radical (unpaired) electrons. The van der Waals surface area contributed by atoms with Crippen LogP contribution in [0.25, 0.3) is 122 Å². The van der Waals surface area contributed by atoms with Crippen LogP contribution in [0.2, 0.25) is 0 Å². The molecule has 0 aliphatic heterocycles. The van der Waals surface area contributed by atoms with Crippen LogP contribution in [-0.4, -0.2) is 15.0 Å². The lowest BCUT2D eigenvalue weighted by Crippen LogP contribution is -2.02. The van der Waals surface area contributed by atoms with Gasteiger partial charge in [0.1, 0.15) is 11.2 Å². The predicted molar refractivity (Wildman–Crippen MR) is 252 cm³/mol. The molecule has 0 saturated carbocycles. The normalized spacial score (nSPS) is 11.6. The summed E-state index contributed by atoms with van der Waals surface area (Å²) in [5.41, 5.74) is 11.1. The molecule has 0 amide bonds. The van der Waals surface area contributed by atoms with Crippen molar-refractivity contribution in [3.63, 3.8) is 0 Å². The van der Waals surface area contributed by atoms with Gasteiger partial charge >= 0.3 is 0 Å². The molecule has 0 atom stereocenters. The van der Waals surface area contributed by atoms with E-state index in [4.69, 9.17) is 19.4 Å². The highest BCUT2D eigenvalue weighted by atomic mass is 16.3. The average molecular weight is 778 g/mol. The first-order valence-corrected chi connectivity index (χ1v) is 20.6. The van der Waals surface area contributed by atoms with Crippen molar-refractivity contribution in [1.29, 1.82) is 0 Å². The maximum atomic E-state index is 6.53. The first kappa shape index (κ1) is 34.8. The highest BCUT2D eigenvalue weighted by Crippen LogP contribution is 2.41. The molecule has 0 aliphatic carbocycles. The van der Waals surface area contributed by atoms with Gasteiger partial charge in [-0.05, 0) is 90.0 Å². The Balaban J connectivity index is 1.02. The zero-order valence-corrected chi connectivity index (χ0v) is 33.0. The SMILES string of the molecule is c1ccc(-c2ccccc2-c2nc(-c3ccc(-c4ccc(-c5cc6ccccc6c6ccccc56)cc4)c4ccccc34)nc(-c3cccc4c3oc3ccccc34)n2)cc1. The van der Waals surface area contributed by atoms with E-state index in [0.717, 1.165) is 71.7 Å². The van der Waals surface area contributed by atoms with Gasteiger partial charge in [-0.2, -0.15) is 0 Å². The van der Waals surface area contributed by atoms with Gasteiger partial charge in [-0.1, -0.05) is 188 Å². The van der Waals surface area contributed by atoms with E-state index >= 15 is 0 Å². The number of nitrogens with zero attached hydrogens (tertiary/aromatic N) is 3. The second-order valence-electron chi connectivity index (χ2n) is 15.5. The van der Waals surface area contributed by atoms with Crippen LogP contribution < -0.4 is 0 Å². The van der Waals surface area contributed by atoms with Crippen molar-refractivity contribution in [2.75, 3.05) is 0 Å². The van der Waals surface area contributed by atoms with E-state index < -0.39 is 0 Å². The maximum absolute atomic E-state index is 6.53. The van der Waals surface area contributed by atoms with Crippen LogP contribution in [0.1, 0.15) is 0 Å². The Kier molecular flexibility index (Phi) is 8.13. The van der Waals surface area contributed by atoms with Gasteiger partial charge in [0.05, 0.1) is 5.56 Å². The van der Waals surface area contributed by atoms with Gasteiger partial charge in [-0.25, -0.2) is 15.0 Å². The van der Waals surface area contributed by atoms with E-state index in [1.165, 1.54) is 32.7 Å². The summed E-state index contributed by atoms with van der Waals surface area (Å²) in [6, 6.07) is 74.7. The number of hydrogen-bond donors (Lipinski definition) is 0. The van der Waals surface area contributed by atoms with E-state index in [1.54, 1.807) is 0 Å². The number of para-hydroxylation sites is 2. The first-order chi connectivity index (χ1) is 30.2. The van der Waals surface area contributed by atoms with E-state index in [-0.39, 0.29) is 0 Å². The summed E-state index contributed by atoms with van der Waals surface area (Å²) < 4.78 is 6.53. The molecule has 4 heteroatoms. The Bertz CT molecular complexity index is 3650. The Morgan fingerprint density at radius 3 is 1.49 bits per heavy atom. The summed E-state index contributed by atoms with van der Waals surface area (Å²) in [4.78, 5) is 15.8. The molecule has 4 nitrogen and oxygen atoms in total. The van der Waals surface area contributed by atoms with E-state index in [9.17, 15) is 0 Å². The molecule has 12 rings (SSSR count). The van der Waals surface area contributed by atoms with Gasteiger partial charge in [-0.15, -0.1) is 0 Å². The zero-order valence-electron chi connectivity index (χ0n) is 33.0. The second kappa shape index (κ2) is 14.3. The summed E-state index contributed by atoms with van der Waals surface area (Å²) >= 11 is 0. The van der Waals surface area contributed by atoms with Gasteiger partial charge in [0.25, 0.3) is 0 Å². The molecule has 0 N–H and O–H groups in total. The van der Waals surface area contributed by atoms with E-state index in [1.807, 2.05) is 36.4 Å². The largest absolute Gasteiger partial charge is 0.455 e. The fourth-order valence-corrected chi connectivity index (χ4v) is 9.08. The van der Waals surface area contributed by atoms with Crippen LogP contribution in [-0.2, 0) is 0 Å². The molecule has 0 fully saturated rings. The Hall–Kier alpha value is -8.21. The molecular formula is C57H35N3O. The maximum Gasteiger partial charge on any atom is 0.167 e. The average Bonchev–Trinajstić information content (AvgIpc) is 3.73. The summed E-state index contributed by atoms with van der Waals surface area (Å²) in [7, 11) is 0. The first-order valence-electron chi connectivity index (χ1n) is 20.6. The highest BCUT2D eigenvalue weighted by molar-refractivity contribution is 6.14. The summed E-state index contributed by atoms with van der Waals surface area (Å²) in [6.07, 6.45) is 0. The quantitative estimate of drug-likeness (QED) is 0.158. The molecule has 284 valence electrons. The molecule has 2 heterocycles. The molecule has 0 aliphatic rings. The van der Waals surface area contributed by atoms with Crippen molar-refractivity contribution < 1.29 is 4.42 Å². The lowest BCUT2D eigenvalue weighted by molar-refractivity contribution is 0.669. The number of rotatable bonds is 6. The zero-order chi connectivity index (χ0) is 40.3. The topological polar surface area (TPSA) is 51.8 Å². The lowest BCUT2D eigenvalue weighted by atomic mass is 9.91. The van der Waals surface area contributed by atoms with Crippen LogP contribution in [0.15, 0.2) is 217 Å². The molecular weight excluding hydrogens is 743 g/mol. The molecule has 0 spiro atoms. The van der Waals surface area contributed by atoms with Crippen LogP contribution in [0.5, 0.6) is 0 Å². The summed E-state index contributed by atoms with van der Waals surface area (Å²) in [6.45, 7) is 0. The molecule has 0 bridgehead atoms. The Labute approximate surface area is 352 Å². The summed E-state index contributed by atoms with van der Waals surface area (Å²) in [5.74, 6) is 1.74. The van der Waals surface area contributed by atoms with E-state index in [2.05, 4.69) is 176 Å². The fourth-order valence-electron chi connectivity index (χ4n) is 9.08. The number of fused-ring (bicyclic) bond motifs is 7. The van der Waals surface area contributed by atoms with Gasteiger partial charge < -0.3 is 4.42 Å². The third kappa shape index (κ3) is 5.88. The molecule has 0 saturated heterocycles. The van der Waals surface area contributed by atoms with Gasteiger partial charge in [-0.3, -0.25) is 0 Å². The smallest absolute Gasteiger partial charge is 0.167 e. The molecule has 10 aromatic carbocycles. The number of furan rings is 1. The van der Waals surface area contributed by atoms with Crippen molar-refractivity contribution in [2.24, 2.45) is 0 Å². The van der Waals surface area contributed by atoms with Crippen molar-refractivity contribution in [3.05, 3.63) is 212 Å². The van der Waals surface area contributed by atoms with E-state index in [0.29, 0.717) is 17.5 Å². The minimum atomic E-state index is 0.553. The molecule has 61 heavy (non-hydrogen) atoms. The monoisotopic (exact) mass is 777 g/mol.